The molecule has 4 heterocycles. The Morgan fingerprint density at radius 1 is 0.687 bits per heavy atom. The van der Waals surface area contributed by atoms with E-state index in [-0.39, 0.29) is 52.0 Å². The topological polar surface area (TPSA) is 273 Å². The second-order valence-corrected chi connectivity index (χ2v) is 21.9. The molecule has 444 valence electrons. The Hall–Kier alpha value is -8.55. The number of aliphatic hydroxyl groups excluding tert-OH is 1. The van der Waals surface area contributed by atoms with E-state index >= 15 is 0 Å². The summed E-state index contributed by atoms with van der Waals surface area (Å²) in [5, 5.41) is 22.2. The van der Waals surface area contributed by atoms with E-state index in [1.165, 1.54) is 18.1 Å². The van der Waals surface area contributed by atoms with Crippen molar-refractivity contribution in [2.24, 2.45) is 28.5 Å². The van der Waals surface area contributed by atoms with Crippen molar-refractivity contribution in [1.82, 2.24) is 19.7 Å². The summed E-state index contributed by atoms with van der Waals surface area (Å²) in [6.07, 6.45) is 0. The third-order valence-electron chi connectivity index (χ3n) is 12.3. The van der Waals surface area contributed by atoms with Crippen molar-refractivity contribution in [2.75, 3.05) is 16.8 Å². The summed E-state index contributed by atoms with van der Waals surface area (Å²) >= 11 is 0. The van der Waals surface area contributed by atoms with Crippen LogP contribution in [0.15, 0.2) is 154 Å². The van der Waals surface area contributed by atoms with Gasteiger partial charge in [0.2, 0.25) is 0 Å². The minimum absolute atomic E-state index is 0. The number of Topliss-reactive ketones (excluding diaryl/α,β-unsaturated/α-hetero) is 2. The molecule has 0 atom stereocenters. The summed E-state index contributed by atoms with van der Waals surface area (Å²) in [4.78, 5) is 39.2. The number of para-hydroxylation sites is 1. The maximum Gasteiger partial charge on any atom is 0.517 e. The molecule has 2 aliphatic rings. The molecule has 17 nitrogen and oxygen atoms in total. The summed E-state index contributed by atoms with van der Waals surface area (Å²) in [5.41, 5.74) is 13.1. The van der Waals surface area contributed by atoms with Crippen LogP contribution < -0.4 is 15.2 Å². The van der Waals surface area contributed by atoms with Gasteiger partial charge in [0.05, 0.1) is 46.8 Å². The number of fused-ring (bicyclic) bond motifs is 1. The van der Waals surface area contributed by atoms with Crippen LogP contribution in [0.25, 0.3) is 33.8 Å². The number of halogens is 6. The number of rotatable bonds is 11. The highest BCUT2D eigenvalue weighted by Crippen LogP contribution is 2.39. The molecule has 2 aliphatic heterocycles. The molecule has 5 aromatic carbocycles. The summed E-state index contributed by atoms with van der Waals surface area (Å²) in [7, 11) is -11.7. The molecule has 0 aliphatic carbocycles. The molecule has 9 rings (SSSR count). The van der Waals surface area contributed by atoms with Crippen LogP contribution in [0, 0.1) is 26.2 Å². The van der Waals surface area contributed by atoms with Crippen molar-refractivity contribution in [3.8, 4) is 22.8 Å². The van der Waals surface area contributed by atoms with E-state index in [1.807, 2.05) is 57.3 Å². The van der Waals surface area contributed by atoms with E-state index in [9.17, 15) is 57.9 Å². The number of ketones is 2. The summed E-state index contributed by atoms with van der Waals surface area (Å²) in [6, 6.07) is 33.5. The van der Waals surface area contributed by atoms with Gasteiger partial charge in [0.25, 0.3) is 0 Å². The first kappa shape index (κ1) is 68.7. The van der Waals surface area contributed by atoms with Crippen LogP contribution in [0.4, 0.5) is 32.0 Å². The van der Waals surface area contributed by atoms with Crippen molar-refractivity contribution < 1.29 is 57.9 Å². The van der Waals surface area contributed by atoms with Crippen LogP contribution in [-0.2, 0) is 43.2 Å². The molecule has 2 aromatic heterocycles. The van der Waals surface area contributed by atoms with Gasteiger partial charge < -0.3 is 21.6 Å². The number of carbonyl (C=O) groups excluding carboxylic acids is 2. The van der Waals surface area contributed by atoms with E-state index < -0.39 is 40.5 Å². The lowest BCUT2D eigenvalue weighted by molar-refractivity contribution is -0.114. The molecule has 83 heavy (non-hydrogen) atoms. The van der Waals surface area contributed by atoms with Crippen LogP contribution >= 0.6 is 0 Å². The van der Waals surface area contributed by atoms with Gasteiger partial charge in [0.1, 0.15) is 23.0 Å². The van der Waals surface area contributed by atoms with Gasteiger partial charge in [-0.15, -0.1) is 3.71 Å². The van der Waals surface area contributed by atoms with Crippen molar-refractivity contribution >= 4 is 65.6 Å². The SMILES string of the molecule is C.C.C.CC(=O)C1=C(C)C(c2ccc(C)cc2)=NC1.CC(=O)C1=C(O)C(c2ccc(C)cc2)=NC1.Cc1ccc(-c2nn(C)c(-c3nc4ccc(C(=N)N)cc4[nH]3)c2CN)cc1.O=S(=O)(N(c1ccccc1)S(=O)(=O)C(F)(F)F)C(F)(F)F. The molecule has 0 saturated carbocycles. The van der Waals surface area contributed by atoms with Crippen molar-refractivity contribution in [3.05, 3.63) is 183 Å². The highest BCUT2D eigenvalue weighted by atomic mass is 32.3. The minimum Gasteiger partial charge on any atom is -0.505 e. The molecule has 0 fully saturated rings. The molecule has 0 saturated heterocycles. The van der Waals surface area contributed by atoms with E-state index in [0.717, 1.165) is 85.3 Å². The largest absolute Gasteiger partial charge is 0.517 e. The Morgan fingerprint density at radius 2 is 1.13 bits per heavy atom. The van der Waals surface area contributed by atoms with Gasteiger partial charge in [-0.05, 0) is 83.0 Å². The number of nitrogens with one attached hydrogen (secondary N) is 2. The molecule has 0 amide bonds. The van der Waals surface area contributed by atoms with E-state index in [4.69, 9.17) is 27.0 Å². The van der Waals surface area contributed by atoms with E-state index in [2.05, 4.69) is 77.3 Å². The average Bonchev–Trinajstić information content (AvgIpc) is 2.58. The Morgan fingerprint density at radius 3 is 1.55 bits per heavy atom. The highest BCUT2D eigenvalue weighted by molar-refractivity contribution is 8.11. The zero-order valence-electron chi connectivity index (χ0n) is 44.0. The summed E-state index contributed by atoms with van der Waals surface area (Å²) < 4.78 is 119. The van der Waals surface area contributed by atoms with Crippen molar-refractivity contribution in [1.29, 1.82) is 5.41 Å². The zero-order chi connectivity index (χ0) is 59.2. The third kappa shape index (κ3) is 15.3. The summed E-state index contributed by atoms with van der Waals surface area (Å²) in [6.45, 7) is 12.3. The average molecular weight is 1190 g/mol. The molecule has 0 unspecified atom stereocenters. The molecule has 7 aromatic rings. The number of H-pyrrole nitrogens is 1. The molecular formula is C58H66F6N10O7S2. The third-order valence-corrected chi connectivity index (χ3v) is 15.9. The standard InChI is InChI=1S/C20H21N7.C14H15NO.C13H13NO2.C8H5F6NO4S2.3CH4/c1-11-3-5-12(6-4-11)17-14(10-21)18(27(2)26-17)20-24-15-8-7-13(19(22)23)9-16(15)25-20;1-9-4-6-12(7-5-9)14-10(2)13(8-15-14)11(3)16;1-8-3-5-10(6-4-8)12-13(16)11(7-14-12)9(2)15;9-7(10,11)20(16,17)15(6-4-2-1-3-5-6)21(18,19)8(12,13)14;;;/h3-9H,10,21H2,1-2H3,(H3,22,23)(H,24,25);4-7H,8H2,1-3H3;3-6,16H,7H2,1-2H3;1-5H;3*1H4. The number of amidine groups is 1. The van der Waals surface area contributed by atoms with Gasteiger partial charge in [-0.25, -0.2) is 4.98 Å². The van der Waals surface area contributed by atoms with Crippen LogP contribution in [0.2, 0.25) is 0 Å². The number of aromatic nitrogens is 4. The normalized spacial score (nSPS) is 13.1. The van der Waals surface area contributed by atoms with Gasteiger partial charge >= 0.3 is 31.1 Å². The molecular weight excluding hydrogens is 1130 g/mol. The van der Waals surface area contributed by atoms with Crippen LogP contribution in [0.1, 0.15) is 82.0 Å². The number of imidazole rings is 1. The Bertz CT molecular complexity index is 3710. The van der Waals surface area contributed by atoms with Crippen LogP contribution in [0.5, 0.6) is 0 Å². The Balaban J connectivity index is 0.000000294. The van der Waals surface area contributed by atoms with Crippen LogP contribution in [0.3, 0.4) is 0 Å². The number of sulfonamides is 2. The predicted molar refractivity (Wildman–Crippen MR) is 315 cm³/mol. The number of nitrogen functional groups attached to an aromatic ring is 1. The van der Waals surface area contributed by atoms with E-state index in [0.29, 0.717) is 47.9 Å². The monoisotopic (exact) mass is 1190 g/mol. The number of alkyl halides is 6. The number of benzene rings is 5. The number of aromatic amines is 1. The molecule has 7 N–H and O–H groups in total. The van der Waals surface area contributed by atoms with Gasteiger partial charge in [0, 0.05) is 41.4 Å². The second-order valence-electron chi connectivity index (χ2n) is 18.1. The number of carbonyl (C=O) groups is 2. The van der Waals surface area contributed by atoms with Crippen molar-refractivity contribution in [2.45, 2.75) is 81.4 Å². The number of nitrogens with two attached hydrogens (primary N) is 2. The number of allylic oxidation sites excluding steroid dienone is 2. The van der Waals surface area contributed by atoms with E-state index in [1.54, 1.807) is 17.7 Å². The molecule has 0 bridgehead atoms. The number of nitrogens with zero attached hydrogens (tertiary/aromatic N) is 6. The number of hydrogen-bond acceptors (Lipinski definition) is 13. The number of aliphatic imine (C=N–C) groups is 2. The lowest BCUT2D eigenvalue weighted by atomic mass is 9.99. The number of anilines is 1. The van der Waals surface area contributed by atoms with Crippen molar-refractivity contribution in [3.63, 3.8) is 0 Å². The lowest BCUT2D eigenvalue weighted by Crippen LogP contribution is -2.49. The molecule has 0 radical (unpaired) electrons. The van der Waals surface area contributed by atoms with Gasteiger partial charge in [-0.1, -0.05) is 130 Å². The highest BCUT2D eigenvalue weighted by Gasteiger charge is 2.61. The first-order chi connectivity index (χ1) is 37.4. The molecule has 25 heteroatoms. The fraction of sp³-hybridized carbons (Fsp3) is 0.259. The second kappa shape index (κ2) is 27.5. The smallest absolute Gasteiger partial charge is 0.505 e. The first-order valence-electron chi connectivity index (χ1n) is 23.9. The van der Waals surface area contributed by atoms with Gasteiger partial charge in [-0.2, -0.15) is 48.3 Å². The van der Waals surface area contributed by atoms with Gasteiger partial charge in [0.15, 0.2) is 17.4 Å². The lowest BCUT2D eigenvalue weighted by Gasteiger charge is -2.25. The number of aryl methyl sites for hydroxylation is 4. The minimum atomic E-state index is -6.81. The number of aliphatic hydroxyl groups is 1. The first-order valence-corrected chi connectivity index (χ1v) is 26.8. The Labute approximate surface area is 478 Å². The maximum atomic E-state index is 12.4. The summed E-state index contributed by atoms with van der Waals surface area (Å²) in [5.74, 6) is 0.750. The quantitative estimate of drug-likeness (QED) is 0.0461. The fourth-order valence-corrected chi connectivity index (χ4v) is 10.8. The molecule has 0 spiro atoms. The Kier molecular flexibility index (Phi) is 22.8. The fourth-order valence-electron chi connectivity index (χ4n) is 8.04. The number of hydrogen-bond donors (Lipinski definition) is 5. The zero-order valence-corrected chi connectivity index (χ0v) is 45.6. The predicted octanol–water partition coefficient (Wildman–Crippen LogP) is 11.7. The van der Waals surface area contributed by atoms with Gasteiger partial charge in [-0.3, -0.25) is 29.7 Å². The van der Waals surface area contributed by atoms with Crippen LogP contribution in [-0.4, -0.2) is 94.6 Å². The maximum absolute atomic E-state index is 12.4.